The number of nitrogens with zero attached hydrogens (tertiary/aromatic N) is 1. The summed E-state index contributed by atoms with van der Waals surface area (Å²) in [6.07, 6.45) is 1.88. The lowest BCUT2D eigenvalue weighted by atomic mass is 10.2. The molecule has 5 nitrogen and oxygen atoms in total. The molecule has 1 unspecified atom stereocenters. The highest BCUT2D eigenvalue weighted by atomic mass is 79.9. The predicted molar refractivity (Wildman–Crippen MR) is 84.2 cm³/mol. The lowest BCUT2D eigenvalue weighted by molar-refractivity contribution is -0.120. The molecule has 112 valence electrons. The van der Waals surface area contributed by atoms with Crippen LogP contribution >= 0.6 is 15.9 Å². The van der Waals surface area contributed by atoms with Crippen LogP contribution in [0.5, 0.6) is 0 Å². The van der Waals surface area contributed by atoms with Crippen LogP contribution in [-0.4, -0.2) is 33.2 Å². The van der Waals surface area contributed by atoms with Gasteiger partial charge in [-0.2, -0.15) is 0 Å². The summed E-state index contributed by atoms with van der Waals surface area (Å²) in [7, 11) is -3.52. The number of anilines is 1. The Labute approximate surface area is 128 Å². The molecule has 7 heteroatoms. The Hall–Kier alpha value is -1.08. The monoisotopic (exact) mass is 362 g/mol. The number of sulfonamides is 1. The van der Waals surface area contributed by atoms with Crippen LogP contribution in [0.1, 0.15) is 20.3 Å². The lowest BCUT2D eigenvalue weighted by Crippen LogP contribution is -2.43. The second kappa shape index (κ2) is 7.08. The Morgan fingerprint density at radius 3 is 2.60 bits per heavy atom. The fourth-order valence-electron chi connectivity index (χ4n) is 1.58. The highest BCUT2D eigenvalue weighted by Gasteiger charge is 2.21. The Kier molecular flexibility index (Phi) is 6.01. The van der Waals surface area contributed by atoms with Crippen molar-refractivity contribution in [2.45, 2.75) is 26.3 Å². The quantitative estimate of drug-likeness (QED) is 0.842. The van der Waals surface area contributed by atoms with Crippen molar-refractivity contribution in [1.29, 1.82) is 0 Å². The van der Waals surface area contributed by atoms with E-state index >= 15 is 0 Å². The van der Waals surface area contributed by atoms with Gasteiger partial charge in [-0.3, -0.25) is 9.10 Å². The molecule has 0 saturated heterocycles. The third-order valence-electron chi connectivity index (χ3n) is 2.80. The number of hydrogen-bond donors (Lipinski definition) is 1. The van der Waals surface area contributed by atoms with E-state index in [2.05, 4.69) is 21.2 Å². The summed E-state index contributed by atoms with van der Waals surface area (Å²) in [5.74, 6) is -0.315. The topological polar surface area (TPSA) is 66.5 Å². The number of rotatable bonds is 6. The number of carbonyl (C=O) groups is 1. The maximum atomic E-state index is 11.9. The first-order chi connectivity index (χ1) is 9.24. The number of benzene rings is 1. The molecular formula is C13H19BrN2O3S. The standard InChI is InChI=1S/C13H19BrN2O3S/c1-4-10(2)15-13(17)9-16(20(3,18)19)12-7-5-6-11(14)8-12/h5-8,10H,4,9H2,1-3H3,(H,15,17). The predicted octanol–water partition coefficient (Wildman–Crippen LogP) is 2.13. The summed E-state index contributed by atoms with van der Waals surface area (Å²) in [4.78, 5) is 11.9. The van der Waals surface area contributed by atoms with Gasteiger partial charge in [-0.05, 0) is 31.5 Å². The Bertz CT molecular complexity index is 575. The zero-order valence-electron chi connectivity index (χ0n) is 11.8. The van der Waals surface area contributed by atoms with E-state index in [9.17, 15) is 13.2 Å². The maximum Gasteiger partial charge on any atom is 0.240 e. The third-order valence-corrected chi connectivity index (χ3v) is 4.44. The fraction of sp³-hybridized carbons (Fsp3) is 0.462. The SMILES string of the molecule is CCC(C)NC(=O)CN(c1cccc(Br)c1)S(C)(=O)=O. The highest BCUT2D eigenvalue weighted by molar-refractivity contribution is 9.10. The van der Waals surface area contributed by atoms with Crippen molar-refractivity contribution < 1.29 is 13.2 Å². The van der Waals surface area contributed by atoms with Gasteiger partial charge in [0, 0.05) is 10.5 Å². The molecule has 1 N–H and O–H groups in total. The van der Waals surface area contributed by atoms with Gasteiger partial charge < -0.3 is 5.32 Å². The Morgan fingerprint density at radius 1 is 1.45 bits per heavy atom. The minimum absolute atomic E-state index is 0.0198. The molecule has 0 aliphatic heterocycles. The average Bonchev–Trinajstić information content (AvgIpc) is 2.34. The van der Waals surface area contributed by atoms with E-state index in [1.165, 1.54) is 0 Å². The molecule has 0 aliphatic carbocycles. The van der Waals surface area contributed by atoms with E-state index in [4.69, 9.17) is 0 Å². The molecule has 1 aromatic rings. The number of amides is 1. The molecule has 0 aromatic heterocycles. The number of halogens is 1. The second-order valence-electron chi connectivity index (χ2n) is 4.63. The van der Waals surface area contributed by atoms with Crippen molar-refractivity contribution in [1.82, 2.24) is 5.32 Å². The van der Waals surface area contributed by atoms with Crippen molar-refractivity contribution in [3.8, 4) is 0 Å². The zero-order chi connectivity index (χ0) is 15.3. The Morgan fingerprint density at radius 2 is 2.10 bits per heavy atom. The first kappa shape index (κ1) is 17.0. The van der Waals surface area contributed by atoms with Gasteiger partial charge in [-0.25, -0.2) is 8.42 Å². The molecule has 0 radical (unpaired) electrons. The first-order valence-electron chi connectivity index (χ1n) is 6.26. The summed E-state index contributed by atoms with van der Waals surface area (Å²) in [6, 6.07) is 6.86. The summed E-state index contributed by atoms with van der Waals surface area (Å²) in [6.45, 7) is 3.61. The van der Waals surface area contributed by atoms with Gasteiger partial charge in [0.05, 0.1) is 11.9 Å². The molecule has 0 bridgehead atoms. The molecular weight excluding hydrogens is 344 g/mol. The average molecular weight is 363 g/mol. The molecule has 1 aromatic carbocycles. The summed E-state index contributed by atoms with van der Waals surface area (Å²) < 4.78 is 25.6. The van der Waals surface area contributed by atoms with Crippen molar-refractivity contribution in [3.63, 3.8) is 0 Å². The van der Waals surface area contributed by atoms with Gasteiger partial charge in [0.15, 0.2) is 0 Å². The number of carbonyl (C=O) groups excluding carboxylic acids is 1. The van der Waals surface area contributed by atoms with Crippen molar-refractivity contribution >= 4 is 37.5 Å². The lowest BCUT2D eigenvalue weighted by Gasteiger charge is -2.23. The van der Waals surface area contributed by atoms with E-state index in [1.54, 1.807) is 24.3 Å². The van der Waals surface area contributed by atoms with Crippen LogP contribution in [0.15, 0.2) is 28.7 Å². The molecule has 20 heavy (non-hydrogen) atoms. The van der Waals surface area contributed by atoms with Crippen LogP contribution in [0.25, 0.3) is 0 Å². The Balaban J connectivity index is 2.95. The number of hydrogen-bond acceptors (Lipinski definition) is 3. The minimum Gasteiger partial charge on any atom is -0.352 e. The van der Waals surface area contributed by atoms with Gasteiger partial charge in [-0.1, -0.05) is 28.9 Å². The molecule has 1 amide bonds. The van der Waals surface area contributed by atoms with Crippen LogP contribution in [0, 0.1) is 0 Å². The van der Waals surface area contributed by atoms with Crippen molar-refractivity contribution in [2.24, 2.45) is 0 Å². The van der Waals surface area contributed by atoms with Crippen LogP contribution in [0.2, 0.25) is 0 Å². The zero-order valence-corrected chi connectivity index (χ0v) is 14.2. The van der Waals surface area contributed by atoms with Crippen molar-refractivity contribution in [3.05, 3.63) is 28.7 Å². The van der Waals surface area contributed by atoms with E-state index in [-0.39, 0.29) is 18.5 Å². The third kappa shape index (κ3) is 5.13. The van der Waals surface area contributed by atoms with E-state index in [1.807, 2.05) is 13.8 Å². The van der Waals surface area contributed by atoms with Gasteiger partial charge in [-0.15, -0.1) is 0 Å². The van der Waals surface area contributed by atoms with Crippen LogP contribution < -0.4 is 9.62 Å². The normalized spacial score (nSPS) is 12.8. The summed E-state index contributed by atoms with van der Waals surface area (Å²) in [5, 5.41) is 2.76. The fourth-order valence-corrected chi connectivity index (χ4v) is 2.82. The van der Waals surface area contributed by atoms with Gasteiger partial charge in [0.25, 0.3) is 0 Å². The smallest absolute Gasteiger partial charge is 0.240 e. The molecule has 0 fully saturated rings. The largest absolute Gasteiger partial charge is 0.352 e. The molecule has 1 rings (SSSR count). The van der Waals surface area contributed by atoms with Crippen molar-refractivity contribution in [2.75, 3.05) is 17.1 Å². The molecule has 0 heterocycles. The number of nitrogens with one attached hydrogen (secondary N) is 1. The van der Waals surface area contributed by atoms with Crippen LogP contribution in [-0.2, 0) is 14.8 Å². The van der Waals surface area contributed by atoms with Gasteiger partial charge in [0.2, 0.25) is 15.9 Å². The van der Waals surface area contributed by atoms with Crippen LogP contribution in [0.3, 0.4) is 0 Å². The first-order valence-corrected chi connectivity index (χ1v) is 8.90. The molecule has 0 spiro atoms. The minimum atomic E-state index is -3.52. The highest BCUT2D eigenvalue weighted by Crippen LogP contribution is 2.21. The molecule has 0 aliphatic rings. The maximum absolute atomic E-state index is 11.9. The van der Waals surface area contributed by atoms with E-state index < -0.39 is 10.0 Å². The molecule has 1 atom stereocenters. The molecule has 0 saturated carbocycles. The van der Waals surface area contributed by atoms with E-state index in [0.717, 1.165) is 21.5 Å². The van der Waals surface area contributed by atoms with Gasteiger partial charge in [0.1, 0.15) is 6.54 Å². The van der Waals surface area contributed by atoms with Crippen LogP contribution in [0.4, 0.5) is 5.69 Å². The van der Waals surface area contributed by atoms with E-state index in [0.29, 0.717) is 5.69 Å². The summed E-state index contributed by atoms with van der Waals surface area (Å²) >= 11 is 3.29. The summed E-state index contributed by atoms with van der Waals surface area (Å²) in [5.41, 5.74) is 0.459. The van der Waals surface area contributed by atoms with Gasteiger partial charge >= 0.3 is 0 Å². The second-order valence-corrected chi connectivity index (χ2v) is 7.45.